The third kappa shape index (κ3) is 4.86. The van der Waals surface area contributed by atoms with Gasteiger partial charge < -0.3 is 9.47 Å². The Labute approximate surface area is 222 Å². The molecule has 0 saturated carbocycles. The molecule has 5 rings (SSSR count). The van der Waals surface area contributed by atoms with Crippen LogP contribution < -0.4 is 4.74 Å². The van der Waals surface area contributed by atoms with Gasteiger partial charge in [0.1, 0.15) is 5.75 Å². The number of ether oxygens (including phenoxy) is 2. The van der Waals surface area contributed by atoms with Crippen molar-refractivity contribution in [3.63, 3.8) is 0 Å². The van der Waals surface area contributed by atoms with Gasteiger partial charge in [-0.15, -0.1) is 11.3 Å². The Balaban J connectivity index is 1.63. The van der Waals surface area contributed by atoms with Crippen molar-refractivity contribution in [2.75, 3.05) is 7.11 Å². The summed E-state index contributed by atoms with van der Waals surface area (Å²) in [4.78, 5) is 14.0. The molecule has 0 fully saturated rings. The Kier molecular flexibility index (Phi) is 7.03. The van der Waals surface area contributed by atoms with Gasteiger partial charge in [0.25, 0.3) is 0 Å². The number of benzene rings is 4. The molecule has 37 heavy (non-hydrogen) atoms. The summed E-state index contributed by atoms with van der Waals surface area (Å²) >= 11 is 1.85. The first kappa shape index (κ1) is 25.0. The monoisotopic (exact) mass is 508 g/mol. The largest absolute Gasteiger partial charge is 0.478 e. The Morgan fingerprint density at radius 2 is 1.65 bits per heavy atom. The Morgan fingerprint density at radius 3 is 2.38 bits per heavy atom. The lowest BCUT2D eigenvalue weighted by atomic mass is 9.90. The van der Waals surface area contributed by atoms with Gasteiger partial charge in [-0.25, -0.2) is 4.79 Å². The van der Waals surface area contributed by atoms with Gasteiger partial charge in [-0.05, 0) is 76.6 Å². The van der Waals surface area contributed by atoms with Gasteiger partial charge in [-0.2, -0.15) is 0 Å². The molecule has 0 spiro atoms. The zero-order valence-corrected chi connectivity index (χ0v) is 22.8. The number of carbonyl (C=O) groups is 1. The zero-order valence-electron chi connectivity index (χ0n) is 22.0. The van der Waals surface area contributed by atoms with E-state index in [4.69, 9.17) is 9.47 Å². The van der Waals surface area contributed by atoms with Gasteiger partial charge in [0.05, 0.1) is 7.11 Å². The highest BCUT2D eigenvalue weighted by Crippen LogP contribution is 2.44. The lowest BCUT2D eigenvalue weighted by Crippen LogP contribution is -2.31. The number of carbonyl (C=O) groups excluding carboxylic acids is 1. The number of hydrogen-bond donors (Lipinski definition) is 0. The predicted molar refractivity (Wildman–Crippen MR) is 155 cm³/mol. The number of methoxy groups -OCH3 is 1. The van der Waals surface area contributed by atoms with Crippen LogP contribution in [0.3, 0.4) is 0 Å². The summed E-state index contributed by atoms with van der Waals surface area (Å²) in [6.07, 6.45) is -0.272. The Bertz CT molecular complexity index is 1580. The van der Waals surface area contributed by atoms with Crippen LogP contribution in [0.2, 0.25) is 0 Å². The first-order valence-electron chi connectivity index (χ1n) is 12.7. The maximum absolute atomic E-state index is 12.7. The first-order valence-corrected chi connectivity index (χ1v) is 13.5. The minimum Gasteiger partial charge on any atom is -0.478 e. The van der Waals surface area contributed by atoms with Crippen molar-refractivity contribution < 1.29 is 14.3 Å². The fourth-order valence-corrected chi connectivity index (χ4v) is 6.17. The summed E-state index contributed by atoms with van der Waals surface area (Å²) in [5.41, 5.74) is 5.86. The molecule has 1 heterocycles. The van der Waals surface area contributed by atoms with E-state index in [1.165, 1.54) is 44.0 Å². The molecule has 0 aliphatic heterocycles. The standard InChI is InChI=1S/C33H32O3S/c1-20(2)27-18-25(15-16-28(27)36-29(33(34)35-5)17-23-11-7-6-8-12-23)32-26-14-10-9-13-24(26)19-30-31(32)21(3)22(4)37-30/h6-16,18-20,29H,17H2,1-5H3/t29-/m1/s1. The molecule has 4 aromatic carbocycles. The third-order valence-corrected chi connectivity index (χ3v) is 8.25. The van der Waals surface area contributed by atoms with Crippen LogP contribution >= 0.6 is 11.3 Å². The molecule has 1 atom stereocenters. The second kappa shape index (κ2) is 10.4. The van der Waals surface area contributed by atoms with Gasteiger partial charge in [0, 0.05) is 21.4 Å². The lowest BCUT2D eigenvalue weighted by molar-refractivity contribution is -0.148. The first-order chi connectivity index (χ1) is 17.9. The molecule has 0 radical (unpaired) electrons. The van der Waals surface area contributed by atoms with E-state index < -0.39 is 6.10 Å². The second-order valence-corrected chi connectivity index (χ2v) is 11.1. The summed E-state index contributed by atoms with van der Waals surface area (Å²) < 4.78 is 12.8. The van der Waals surface area contributed by atoms with Crippen molar-refractivity contribution in [2.24, 2.45) is 0 Å². The molecular formula is C33H32O3S. The molecule has 0 aliphatic carbocycles. The second-order valence-electron chi connectivity index (χ2n) is 9.86. The van der Waals surface area contributed by atoms with E-state index in [9.17, 15) is 4.79 Å². The molecule has 0 unspecified atom stereocenters. The summed E-state index contributed by atoms with van der Waals surface area (Å²) in [5, 5.41) is 3.81. The van der Waals surface area contributed by atoms with E-state index in [2.05, 4.69) is 70.2 Å². The maximum Gasteiger partial charge on any atom is 0.347 e. The highest BCUT2D eigenvalue weighted by Gasteiger charge is 2.24. The van der Waals surface area contributed by atoms with Crippen LogP contribution in [0.25, 0.3) is 32.0 Å². The van der Waals surface area contributed by atoms with Crippen LogP contribution in [0.5, 0.6) is 5.75 Å². The third-order valence-electron chi connectivity index (χ3n) is 7.10. The summed E-state index contributed by atoms with van der Waals surface area (Å²) in [5.74, 6) is 0.559. The molecule has 0 bridgehead atoms. The van der Waals surface area contributed by atoms with Gasteiger partial charge in [-0.3, -0.25) is 0 Å². The topological polar surface area (TPSA) is 35.5 Å². The van der Waals surface area contributed by atoms with E-state index in [-0.39, 0.29) is 11.9 Å². The molecule has 0 N–H and O–H groups in total. The minimum absolute atomic E-state index is 0.209. The van der Waals surface area contributed by atoms with Gasteiger partial charge in [0.2, 0.25) is 0 Å². The van der Waals surface area contributed by atoms with Crippen LogP contribution in [0.1, 0.15) is 41.3 Å². The van der Waals surface area contributed by atoms with Crippen molar-refractivity contribution in [1.82, 2.24) is 0 Å². The molecule has 4 heteroatoms. The minimum atomic E-state index is -0.721. The number of aryl methyl sites for hydroxylation is 2. The van der Waals surface area contributed by atoms with E-state index >= 15 is 0 Å². The average Bonchev–Trinajstić information content (AvgIpc) is 3.19. The van der Waals surface area contributed by atoms with Crippen LogP contribution in [0.4, 0.5) is 0 Å². The van der Waals surface area contributed by atoms with E-state index in [1.807, 2.05) is 47.7 Å². The van der Waals surface area contributed by atoms with Gasteiger partial charge in [-0.1, -0.05) is 74.5 Å². The zero-order chi connectivity index (χ0) is 26.1. The number of hydrogen-bond acceptors (Lipinski definition) is 4. The molecular weight excluding hydrogens is 476 g/mol. The van der Waals surface area contributed by atoms with Gasteiger partial charge in [0.15, 0.2) is 6.10 Å². The molecule has 188 valence electrons. The Morgan fingerprint density at radius 1 is 0.919 bits per heavy atom. The fraction of sp³-hybridized carbons (Fsp3) is 0.242. The molecule has 1 aromatic heterocycles. The van der Waals surface area contributed by atoms with Crippen LogP contribution in [0, 0.1) is 13.8 Å². The molecule has 0 aliphatic rings. The molecule has 0 amide bonds. The molecule has 5 aromatic rings. The fourth-order valence-electron chi connectivity index (χ4n) is 5.04. The van der Waals surface area contributed by atoms with Crippen molar-refractivity contribution >= 4 is 38.2 Å². The summed E-state index contributed by atoms with van der Waals surface area (Å²) in [7, 11) is 1.41. The number of esters is 1. The van der Waals surface area contributed by atoms with Crippen LogP contribution in [0.15, 0.2) is 78.9 Å². The normalized spacial score (nSPS) is 12.3. The van der Waals surface area contributed by atoms with E-state index in [0.29, 0.717) is 6.42 Å². The van der Waals surface area contributed by atoms with Crippen LogP contribution in [-0.2, 0) is 16.0 Å². The number of fused-ring (bicyclic) bond motifs is 2. The smallest absolute Gasteiger partial charge is 0.347 e. The van der Waals surface area contributed by atoms with Crippen molar-refractivity contribution in [2.45, 2.75) is 46.1 Å². The van der Waals surface area contributed by atoms with Crippen molar-refractivity contribution in [3.8, 4) is 16.9 Å². The van der Waals surface area contributed by atoms with Crippen molar-refractivity contribution in [3.05, 3.63) is 100 Å². The van der Waals surface area contributed by atoms with Gasteiger partial charge >= 0.3 is 5.97 Å². The molecule has 3 nitrogen and oxygen atoms in total. The SMILES string of the molecule is COC(=O)[C@@H](Cc1ccccc1)Oc1ccc(-c2c3ccccc3cc3sc(C)c(C)c23)cc1C(C)C. The van der Waals surface area contributed by atoms with Crippen LogP contribution in [-0.4, -0.2) is 19.2 Å². The average molecular weight is 509 g/mol. The highest BCUT2D eigenvalue weighted by molar-refractivity contribution is 7.19. The Hall–Kier alpha value is -3.63. The lowest BCUT2D eigenvalue weighted by Gasteiger charge is -2.22. The summed E-state index contributed by atoms with van der Waals surface area (Å²) in [6, 6.07) is 27.2. The predicted octanol–water partition coefficient (Wildman–Crippen LogP) is 8.62. The molecule has 0 saturated heterocycles. The highest BCUT2D eigenvalue weighted by atomic mass is 32.1. The number of rotatable bonds is 7. The van der Waals surface area contributed by atoms with Crippen molar-refractivity contribution in [1.29, 1.82) is 0 Å². The van der Waals surface area contributed by atoms with E-state index in [1.54, 1.807) is 0 Å². The maximum atomic E-state index is 12.7. The quantitative estimate of drug-likeness (QED) is 0.206. The number of thiophene rings is 1. The van der Waals surface area contributed by atoms with E-state index in [0.717, 1.165) is 22.4 Å². The summed E-state index contributed by atoms with van der Waals surface area (Å²) in [6.45, 7) is 8.74.